The fraction of sp³-hybridized carbons (Fsp3) is 0.429. The molecular formula is C14H19N3O2S2. The van der Waals surface area contributed by atoms with Gasteiger partial charge in [0.15, 0.2) is 0 Å². The van der Waals surface area contributed by atoms with Crippen molar-refractivity contribution < 1.29 is 9.59 Å². The summed E-state index contributed by atoms with van der Waals surface area (Å²) in [5.74, 6) is 0.767. The van der Waals surface area contributed by atoms with Gasteiger partial charge in [-0.2, -0.15) is 25.3 Å². The zero-order valence-electron chi connectivity index (χ0n) is 11.6. The molecule has 0 radical (unpaired) electrons. The minimum absolute atomic E-state index is 0.0685. The number of carbonyl (C=O) groups is 2. The Balaban J connectivity index is 2.17. The molecule has 2 rings (SSSR count). The average Bonchev–Trinajstić information content (AvgIpc) is 2.90. The predicted octanol–water partition coefficient (Wildman–Crippen LogP) is 1.28. The predicted molar refractivity (Wildman–Crippen MR) is 90.6 cm³/mol. The summed E-state index contributed by atoms with van der Waals surface area (Å²) in [6, 6.07) is 7.31. The van der Waals surface area contributed by atoms with Gasteiger partial charge in [-0.15, -0.1) is 0 Å². The second kappa shape index (κ2) is 7.61. The summed E-state index contributed by atoms with van der Waals surface area (Å²) < 4.78 is 0. The van der Waals surface area contributed by atoms with Crippen molar-refractivity contribution in [1.82, 2.24) is 10.6 Å². The van der Waals surface area contributed by atoms with Gasteiger partial charge < -0.3 is 10.6 Å². The van der Waals surface area contributed by atoms with Crippen LogP contribution in [0.15, 0.2) is 24.3 Å². The number of benzene rings is 1. The molecule has 114 valence electrons. The van der Waals surface area contributed by atoms with E-state index in [-0.39, 0.29) is 17.9 Å². The van der Waals surface area contributed by atoms with Crippen LogP contribution in [-0.2, 0) is 4.79 Å². The number of anilines is 1. The molecule has 0 aromatic heterocycles. The molecule has 0 saturated heterocycles. The summed E-state index contributed by atoms with van der Waals surface area (Å²) in [5.41, 5.74) is 1.68. The van der Waals surface area contributed by atoms with Crippen molar-refractivity contribution in [2.75, 3.05) is 36.0 Å². The number of hydrogen-bond donors (Lipinski definition) is 4. The van der Waals surface area contributed by atoms with Crippen LogP contribution in [-0.4, -0.2) is 43.1 Å². The van der Waals surface area contributed by atoms with Crippen molar-refractivity contribution in [3.8, 4) is 0 Å². The second-order valence-corrected chi connectivity index (χ2v) is 5.59. The van der Waals surface area contributed by atoms with Gasteiger partial charge in [0.2, 0.25) is 5.91 Å². The summed E-state index contributed by atoms with van der Waals surface area (Å²) in [6.45, 7) is 1.37. The lowest BCUT2D eigenvalue weighted by Gasteiger charge is -2.18. The van der Waals surface area contributed by atoms with Gasteiger partial charge in [0.05, 0.1) is 5.92 Å². The number of carbonyl (C=O) groups excluding carboxylic acids is 2. The van der Waals surface area contributed by atoms with Crippen molar-refractivity contribution in [3.05, 3.63) is 29.8 Å². The number of nitrogens with one attached hydrogen (secondary N) is 2. The minimum atomic E-state index is -0.331. The van der Waals surface area contributed by atoms with Crippen LogP contribution in [0.2, 0.25) is 0 Å². The van der Waals surface area contributed by atoms with E-state index in [2.05, 4.69) is 35.9 Å². The molecular weight excluding hydrogens is 306 g/mol. The van der Waals surface area contributed by atoms with E-state index in [0.717, 1.165) is 11.3 Å². The third kappa shape index (κ3) is 3.65. The van der Waals surface area contributed by atoms with Crippen LogP contribution in [0.4, 0.5) is 10.5 Å². The van der Waals surface area contributed by atoms with Crippen molar-refractivity contribution >= 4 is 42.9 Å². The molecule has 0 fully saturated rings. The fourth-order valence-corrected chi connectivity index (χ4v) is 2.61. The molecule has 3 amide bonds. The average molecular weight is 325 g/mol. The molecule has 21 heavy (non-hydrogen) atoms. The third-order valence-corrected chi connectivity index (χ3v) is 3.78. The first-order chi connectivity index (χ1) is 10.2. The Kier molecular flexibility index (Phi) is 5.81. The van der Waals surface area contributed by atoms with Gasteiger partial charge in [-0.25, -0.2) is 4.79 Å². The van der Waals surface area contributed by atoms with Gasteiger partial charge in [0.1, 0.15) is 0 Å². The summed E-state index contributed by atoms with van der Waals surface area (Å²) in [5, 5.41) is 5.62. The summed E-state index contributed by atoms with van der Waals surface area (Å²) >= 11 is 8.16. The first kappa shape index (κ1) is 16.0. The number of urea groups is 1. The Hall–Kier alpha value is -1.34. The number of fused-ring (bicyclic) bond motifs is 1. The maximum atomic E-state index is 12.2. The van der Waals surface area contributed by atoms with E-state index in [1.807, 2.05) is 24.3 Å². The molecule has 1 aliphatic rings. The van der Waals surface area contributed by atoms with Gasteiger partial charge in [-0.3, -0.25) is 9.69 Å². The zero-order chi connectivity index (χ0) is 15.2. The standard InChI is InChI=1S/C14H19N3O2S2/c18-13(15-5-7-20)11-9-17(14(19)16-6-8-21)12-4-2-1-3-10(11)12/h1-4,11,20-21H,5-9H2,(H,15,18)(H,16,19). The van der Waals surface area contributed by atoms with Crippen LogP contribution in [0.25, 0.3) is 0 Å². The van der Waals surface area contributed by atoms with E-state index in [0.29, 0.717) is 31.1 Å². The lowest BCUT2D eigenvalue weighted by atomic mass is 10.0. The Labute approximate surface area is 135 Å². The third-order valence-electron chi connectivity index (χ3n) is 3.33. The Morgan fingerprint density at radius 3 is 2.52 bits per heavy atom. The van der Waals surface area contributed by atoms with Crippen LogP contribution >= 0.6 is 25.3 Å². The molecule has 1 atom stereocenters. The van der Waals surface area contributed by atoms with Crippen LogP contribution in [0, 0.1) is 0 Å². The van der Waals surface area contributed by atoms with Crippen LogP contribution in [0.5, 0.6) is 0 Å². The zero-order valence-corrected chi connectivity index (χ0v) is 13.4. The Morgan fingerprint density at radius 1 is 1.14 bits per heavy atom. The van der Waals surface area contributed by atoms with Crippen molar-refractivity contribution in [2.45, 2.75) is 5.92 Å². The highest BCUT2D eigenvalue weighted by Gasteiger charge is 2.35. The van der Waals surface area contributed by atoms with E-state index in [4.69, 9.17) is 0 Å². The highest BCUT2D eigenvalue weighted by atomic mass is 32.1. The van der Waals surface area contributed by atoms with Crippen LogP contribution in [0.1, 0.15) is 11.5 Å². The molecule has 1 aromatic carbocycles. The van der Waals surface area contributed by atoms with Gasteiger partial charge in [0, 0.05) is 36.8 Å². The smallest absolute Gasteiger partial charge is 0.321 e. The van der Waals surface area contributed by atoms with E-state index >= 15 is 0 Å². The maximum Gasteiger partial charge on any atom is 0.321 e. The molecule has 7 heteroatoms. The molecule has 1 unspecified atom stereocenters. The molecule has 0 bridgehead atoms. The van der Waals surface area contributed by atoms with Crippen molar-refractivity contribution in [1.29, 1.82) is 0 Å². The quantitative estimate of drug-likeness (QED) is 0.616. The number of para-hydroxylation sites is 1. The molecule has 2 N–H and O–H groups in total. The van der Waals surface area contributed by atoms with Gasteiger partial charge in [-0.05, 0) is 11.6 Å². The van der Waals surface area contributed by atoms with E-state index in [1.165, 1.54) is 0 Å². The summed E-state index contributed by atoms with van der Waals surface area (Å²) in [6.07, 6.45) is 0. The van der Waals surface area contributed by atoms with Crippen molar-refractivity contribution in [3.63, 3.8) is 0 Å². The number of rotatable bonds is 5. The lowest BCUT2D eigenvalue weighted by molar-refractivity contribution is -0.122. The molecule has 5 nitrogen and oxygen atoms in total. The molecule has 0 aliphatic carbocycles. The number of nitrogens with zero attached hydrogens (tertiary/aromatic N) is 1. The van der Waals surface area contributed by atoms with Gasteiger partial charge in [-0.1, -0.05) is 18.2 Å². The molecule has 0 saturated carbocycles. The largest absolute Gasteiger partial charge is 0.355 e. The second-order valence-electron chi connectivity index (χ2n) is 4.69. The monoisotopic (exact) mass is 325 g/mol. The minimum Gasteiger partial charge on any atom is -0.355 e. The first-order valence-electron chi connectivity index (χ1n) is 6.82. The molecule has 0 spiro atoms. The number of thiol groups is 2. The maximum absolute atomic E-state index is 12.2. The van der Waals surface area contributed by atoms with Crippen LogP contribution < -0.4 is 15.5 Å². The Bertz CT molecular complexity index is 480. The van der Waals surface area contributed by atoms with Gasteiger partial charge in [0.25, 0.3) is 0 Å². The topological polar surface area (TPSA) is 61.4 Å². The van der Waals surface area contributed by atoms with E-state index < -0.39 is 0 Å². The molecule has 1 aromatic rings. The summed E-state index contributed by atoms with van der Waals surface area (Å²) in [4.78, 5) is 26.0. The SMILES string of the molecule is O=C(NCCS)C1CN(C(=O)NCCS)c2ccccc21. The highest BCUT2D eigenvalue weighted by molar-refractivity contribution is 7.80. The number of hydrogen-bond acceptors (Lipinski definition) is 4. The molecule has 1 aliphatic heterocycles. The number of amides is 3. The van der Waals surface area contributed by atoms with Crippen molar-refractivity contribution in [2.24, 2.45) is 0 Å². The van der Waals surface area contributed by atoms with Gasteiger partial charge >= 0.3 is 6.03 Å². The first-order valence-corrected chi connectivity index (χ1v) is 8.09. The highest BCUT2D eigenvalue weighted by Crippen LogP contribution is 2.36. The van der Waals surface area contributed by atoms with Crippen LogP contribution in [0.3, 0.4) is 0 Å². The fourth-order valence-electron chi connectivity index (χ4n) is 2.38. The normalized spacial score (nSPS) is 16.5. The Morgan fingerprint density at radius 2 is 1.81 bits per heavy atom. The van der Waals surface area contributed by atoms with E-state index in [9.17, 15) is 9.59 Å². The summed E-state index contributed by atoms with van der Waals surface area (Å²) in [7, 11) is 0. The lowest BCUT2D eigenvalue weighted by Crippen LogP contribution is -2.41. The molecule has 1 heterocycles. The van der Waals surface area contributed by atoms with E-state index in [1.54, 1.807) is 4.90 Å².